The number of likely N-dealkylation sites (tertiary alicyclic amines) is 1. The number of hydrogen-bond acceptors (Lipinski definition) is 3. The minimum Gasteiger partial charge on any atom is -0.339 e. The second-order valence-electron chi connectivity index (χ2n) is 5.80. The lowest BCUT2D eigenvalue weighted by Gasteiger charge is -2.15. The maximum absolute atomic E-state index is 12.2. The molecule has 1 atom stereocenters. The number of ketones is 1. The molecule has 110 valence electrons. The van der Waals surface area contributed by atoms with Crippen LogP contribution in [0.4, 0.5) is 5.69 Å². The van der Waals surface area contributed by atoms with Crippen LogP contribution in [0.25, 0.3) is 0 Å². The lowest BCUT2D eigenvalue weighted by atomic mass is 10.1. The quantitative estimate of drug-likeness (QED) is 0.859. The molecule has 1 aliphatic carbocycles. The van der Waals surface area contributed by atoms with Crippen LogP contribution < -0.4 is 5.32 Å². The molecule has 5 heteroatoms. The van der Waals surface area contributed by atoms with E-state index in [2.05, 4.69) is 5.32 Å². The Balaban J connectivity index is 1.61. The SMILES string of the molecule is CC(=O)c1ccc(NC(=O)C2CC(=O)N(C3CC3)C2)cc1. The number of amides is 2. The summed E-state index contributed by atoms with van der Waals surface area (Å²) in [6.07, 6.45) is 2.42. The first kappa shape index (κ1) is 13.8. The summed E-state index contributed by atoms with van der Waals surface area (Å²) in [6.45, 7) is 2.03. The van der Waals surface area contributed by atoms with E-state index < -0.39 is 0 Å². The summed E-state index contributed by atoms with van der Waals surface area (Å²) < 4.78 is 0. The second-order valence-corrected chi connectivity index (χ2v) is 5.80. The minimum absolute atomic E-state index is 0.00524. The van der Waals surface area contributed by atoms with Gasteiger partial charge in [-0.2, -0.15) is 0 Å². The van der Waals surface area contributed by atoms with Crippen molar-refractivity contribution >= 4 is 23.3 Å². The minimum atomic E-state index is -0.273. The molecule has 1 heterocycles. The zero-order chi connectivity index (χ0) is 15.0. The molecule has 1 unspecified atom stereocenters. The average Bonchev–Trinajstić information content (AvgIpc) is 3.22. The van der Waals surface area contributed by atoms with Gasteiger partial charge in [0.05, 0.1) is 5.92 Å². The van der Waals surface area contributed by atoms with Gasteiger partial charge in [0.15, 0.2) is 5.78 Å². The van der Waals surface area contributed by atoms with Gasteiger partial charge in [0.1, 0.15) is 0 Å². The van der Waals surface area contributed by atoms with E-state index >= 15 is 0 Å². The number of hydrogen-bond donors (Lipinski definition) is 1. The largest absolute Gasteiger partial charge is 0.339 e. The van der Waals surface area contributed by atoms with Gasteiger partial charge in [-0.25, -0.2) is 0 Å². The Morgan fingerprint density at radius 1 is 1.19 bits per heavy atom. The van der Waals surface area contributed by atoms with Crippen molar-refractivity contribution in [3.05, 3.63) is 29.8 Å². The van der Waals surface area contributed by atoms with Gasteiger partial charge < -0.3 is 10.2 Å². The fourth-order valence-electron chi connectivity index (χ4n) is 2.68. The number of benzene rings is 1. The molecule has 5 nitrogen and oxygen atoms in total. The van der Waals surface area contributed by atoms with Crippen LogP contribution in [0.15, 0.2) is 24.3 Å². The predicted octanol–water partition coefficient (Wildman–Crippen LogP) is 1.84. The molecule has 1 N–H and O–H groups in total. The average molecular weight is 286 g/mol. The molecule has 21 heavy (non-hydrogen) atoms. The highest BCUT2D eigenvalue weighted by Crippen LogP contribution is 2.32. The first-order valence-corrected chi connectivity index (χ1v) is 7.26. The maximum atomic E-state index is 12.2. The molecule has 1 saturated carbocycles. The Kier molecular flexibility index (Phi) is 3.49. The molecule has 1 saturated heterocycles. The van der Waals surface area contributed by atoms with Crippen molar-refractivity contribution in [2.24, 2.45) is 5.92 Å². The highest BCUT2D eigenvalue weighted by atomic mass is 16.2. The van der Waals surface area contributed by atoms with Crippen LogP contribution in [0.1, 0.15) is 36.5 Å². The third-order valence-electron chi connectivity index (χ3n) is 4.08. The van der Waals surface area contributed by atoms with E-state index in [0.717, 1.165) is 12.8 Å². The number of Topliss-reactive ketones (excluding diaryl/α,β-unsaturated/α-hetero) is 1. The summed E-state index contributed by atoms with van der Waals surface area (Å²) in [7, 11) is 0. The van der Waals surface area contributed by atoms with Gasteiger partial charge in [-0.15, -0.1) is 0 Å². The first-order chi connectivity index (χ1) is 10.0. The summed E-state index contributed by atoms with van der Waals surface area (Å²) in [6, 6.07) is 7.17. The van der Waals surface area contributed by atoms with E-state index in [1.54, 1.807) is 24.3 Å². The molecule has 0 aromatic heterocycles. The van der Waals surface area contributed by atoms with Crippen LogP contribution in [-0.2, 0) is 9.59 Å². The Morgan fingerprint density at radius 3 is 2.43 bits per heavy atom. The van der Waals surface area contributed by atoms with Gasteiger partial charge in [-0.3, -0.25) is 14.4 Å². The molecule has 1 aromatic rings. The molecular formula is C16H18N2O3. The van der Waals surface area contributed by atoms with Crippen LogP contribution in [0.3, 0.4) is 0 Å². The fraction of sp³-hybridized carbons (Fsp3) is 0.438. The topological polar surface area (TPSA) is 66.5 Å². The summed E-state index contributed by atoms with van der Waals surface area (Å²) in [5.74, 6) is -0.313. The van der Waals surface area contributed by atoms with Gasteiger partial charge in [0.25, 0.3) is 0 Å². The third kappa shape index (κ3) is 2.96. The molecule has 1 aliphatic heterocycles. The van der Waals surface area contributed by atoms with Gasteiger partial charge in [0.2, 0.25) is 11.8 Å². The summed E-state index contributed by atoms with van der Waals surface area (Å²) in [5.41, 5.74) is 1.27. The van der Waals surface area contributed by atoms with Gasteiger partial charge in [-0.1, -0.05) is 0 Å². The van der Waals surface area contributed by atoms with Gasteiger partial charge >= 0.3 is 0 Å². The van der Waals surface area contributed by atoms with E-state index in [9.17, 15) is 14.4 Å². The number of anilines is 1. The van der Waals surface area contributed by atoms with E-state index in [-0.39, 0.29) is 23.5 Å². The van der Waals surface area contributed by atoms with Crippen LogP contribution >= 0.6 is 0 Å². The molecule has 2 aliphatic rings. The zero-order valence-corrected chi connectivity index (χ0v) is 12.0. The highest BCUT2D eigenvalue weighted by molar-refractivity contribution is 5.98. The second kappa shape index (κ2) is 5.31. The number of nitrogens with one attached hydrogen (secondary N) is 1. The molecular weight excluding hydrogens is 268 g/mol. The number of carbonyl (C=O) groups is 3. The Morgan fingerprint density at radius 2 is 1.86 bits per heavy atom. The van der Waals surface area contributed by atoms with Crippen molar-refractivity contribution in [1.29, 1.82) is 0 Å². The van der Waals surface area contributed by atoms with Crippen molar-refractivity contribution in [1.82, 2.24) is 4.90 Å². The normalized spacial score (nSPS) is 21.5. The van der Waals surface area contributed by atoms with Crippen LogP contribution in [-0.4, -0.2) is 35.1 Å². The van der Waals surface area contributed by atoms with Crippen molar-refractivity contribution in [2.75, 3.05) is 11.9 Å². The van der Waals surface area contributed by atoms with Crippen molar-refractivity contribution in [2.45, 2.75) is 32.2 Å². The number of rotatable bonds is 4. The van der Waals surface area contributed by atoms with E-state index in [4.69, 9.17) is 0 Å². The standard InChI is InChI=1S/C16H18N2O3/c1-10(19)11-2-4-13(5-3-11)17-16(21)12-8-15(20)18(9-12)14-6-7-14/h2-5,12,14H,6-9H2,1H3,(H,17,21). The highest BCUT2D eigenvalue weighted by Gasteiger charge is 2.41. The molecule has 0 spiro atoms. The predicted molar refractivity (Wildman–Crippen MR) is 77.9 cm³/mol. The maximum Gasteiger partial charge on any atom is 0.229 e. The van der Waals surface area contributed by atoms with Crippen LogP contribution in [0.2, 0.25) is 0 Å². The van der Waals surface area contributed by atoms with Crippen molar-refractivity contribution in [3.63, 3.8) is 0 Å². The number of carbonyl (C=O) groups excluding carboxylic acids is 3. The third-order valence-corrected chi connectivity index (χ3v) is 4.08. The van der Waals surface area contributed by atoms with Crippen molar-refractivity contribution in [3.8, 4) is 0 Å². The smallest absolute Gasteiger partial charge is 0.229 e. The Bertz CT molecular complexity index is 590. The van der Waals surface area contributed by atoms with Gasteiger partial charge in [0, 0.05) is 30.3 Å². The lowest BCUT2D eigenvalue weighted by molar-refractivity contribution is -0.128. The van der Waals surface area contributed by atoms with E-state index in [1.165, 1.54) is 6.92 Å². The van der Waals surface area contributed by atoms with Gasteiger partial charge in [-0.05, 0) is 44.0 Å². The molecule has 2 amide bonds. The van der Waals surface area contributed by atoms with E-state index in [0.29, 0.717) is 30.3 Å². The monoisotopic (exact) mass is 286 g/mol. The molecule has 3 rings (SSSR count). The van der Waals surface area contributed by atoms with Crippen molar-refractivity contribution < 1.29 is 14.4 Å². The molecule has 1 aromatic carbocycles. The van der Waals surface area contributed by atoms with E-state index in [1.807, 2.05) is 4.90 Å². The summed E-state index contributed by atoms with van der Waals surface area (Å²) in [4.78, 5) is 37.1. The van der Waals surface area contributed by atoms with Crippen LogP contribution in [0, 0.1) is 5.92 Å². The zero-order valence-electron chi connectivity index (χ0n) is 12.0. The fourth-order valence-corrected chi connectivity index (χ4v) is 2.68. The summed E-state index contributed by atoms with van der Waals surface area (Å²) >= 11 is 0. The Hall–Kier alpha value is -2.17. The van der Waals surface area contributed by atoms with Crippen LogP contribution in [0.5, 0.6) is 0 Å². The first-order valence-electron chi connectivity index (χ1n) is 7.26. The molecule has 0 bridgehead atoms. The Labute approximate surface area is 123 Å². The number of nitrogens with zero attached hydrogens (tertiary/aromatic N) is 1. The molecule has 0 radical (unpaired) electrons. The lowest BCUT2D eigenvalue weighted by Crippen LogP contribution is -2.29. The summed E-state index contributed by atoms with van der Waals surface area (Å²) in [5, 5.41) is 2.82. The molecule has 2 fully saturated rings.